The summed E-state index contributed by atoms with van der Waals surface area (Å²) < 4.78 is 2.36. The Morgan fingerprint density at radius 1 is 1.13 bits per heavy atom. The lowest BCUT2D eigenvalue weighted by molar-refractivity contribution is -0.123. The van der Waals surface area contributed by atoms with Crippen molar-refractivity contribution in [3.05, 3.63) is 70.9 Å². The quantitative estimate of drug-likeness (QED) is 0.406. The highest BCUT2D eigenvalue weighted by Crippen LogP contribution is 2.34. The fourth-order valence-electron chi connectivity index (χ4n) is 3.16. The molecular weight excluding hydrogens is 412 g/mol. The van der Waals surface area contributed by atoms with Crippen molar-refractivity contribution in [2.45, 2.75) is 33.2 Å². The Morgan fingerprint density at radius 2 is 1.83 bits per heavy atom. The lowest BCUT2D eigenvalue weighted by Crippen LogP contribution is -2.36. The molecule has 1 aromatic heterocycles. The number of hydrogen-bond donors (Lipinski definition) is 0. The van der Waals surface area contributed by atoms with E-state index >= 15 is 0 Å². The number of amides is 1. The maximum Gasteiger partial charge on any atom is 0.266 e. The van der Waals surface area contributed by atoms with Crippen LogP contribution in [-0.2, 0) is 4.79 Å². The van der Waals surface area contributed by atoms with Gasteiger partial charge in [-0.1, -0.05) is 78.9 Å². The molecule has 1 aliphatic rings. The van der Waals surface area contributed by atoms with Crippen molar-refractivity contribution in [3.8, 4) is 17.1 Å². The zero-order valence-electron chi connectivity index (χ0n) is 17.1. The van der Waals surface area contributed by atoms with Gasteiger partial charge in [0, 0.05) is 17.7 Å². The third kappa shape index (κ3) is 3.95. The smallest absolute Gasteiger partial charge is 0.266 e. The van der Waals surface area contributed by atoms with E-state index < -0.39 is 0 Å². The van der Waals surface area contributed by atoms with E-state index in [0.717, 1.165) is 17.7 Å². The Labute approximate surface area is 185 Å². The summed E-state index contributed by atoms with van der Waals surface area (Å²) in [6.07, 6.45) is 2.64. The SMILES string of the molecule is CCC(C)N1C(=O)C(=Cc2nc(-c3ccc(C)cc3)nn2-c2ccccc2)SC1=S. The summed E-state index contributed by atoms with van der Waals surface area (Å²) >= 11 is 6.78. The summed E-state index contributed by atoms with van der Waals surface area (Å²) in [5, 5.41) is 4.73. The molecule has 0 aliphatic carbocycles. The van der Waals surface area contributed by atoms with Crippen molar-refractivity contribution in [1.29, 1.82) is 0 Å². The van der Waals surface area contributed by atoms with Gasteiger partial charge in [-0.05, 0) is 32.4 Å². The zero-order chi connectivity index (χ0) is 21.3. The molecule has 7 heteroatoms. The van der Waals surface area contributed by atoms with Crippen molar-refractivity contribution in [2.75, 3.05) is 0 Å². The minimum atomic E-state index is -0.0705. The molecule has 4 rings (SSSR count). The Hall–Kier alpha value is -2.77. The molecule has 2 heterocycles. The summed E-state index contributed by atoms with van der Waals surface area (Å²) in [7, 11) is 0. The van der Waals surface area contributed by atoms with Crippen LogP contribution in [0, 0.1) is 6.92 Å². The Balaban J connectivity index is 1.79. The third-order valence-electron chi connectivity index (χ3n) is 5.06. The van der Waals surface area contributed by atoms with E-state index in [2.05, 4.69) is 0 Å². The van der Waals surface area contributed by atoms with Gasteiger partial charge in [0.15, 0.2) is 11.6 Å². The van der Waals surface area contributed by atoms with Crippen molar-refractivity contribution in [3.63, 3.8) is 0 Å². The molecule has 0 saturated carbocycles. The third-order valence-corrected chi connectivity index (χ3v) is 6.39. The summed E-state index contributed by atoms with van der Waals surface area (Å²) in [5.74, 6) is 1.14. The molecule has 1 aliphatic heterocycles. The van der Waals surface area contributed by atoms with Gasteiger partial charge in [0.05, 0.1) is 10.6 Å². The predicted molar refractivity (Wildman–Crippen MR) is 126 cm³/mol. The molecule has 1 saturated heterocycles. The number of thioether (sulfide) groups is 1. The fourth-order valence-corrected chi connectivity index (χ4v) is 4.59. The van der Waals surface area contributed by atoms with Crippen LogP contribution < -0.4 is 0 Å². The molecule has 2 aromatic carbocycles. The van der Waals surface area contributed by atoms with Crippen LogP contribution in [0.5, 0.6) is 0 Å². The number of aryl methyl sites for hydroxylation is 1. The molecule has 1 atom stereocenters. The number of carbonyl (C=O) groups excluding carboxylic acids is 1. The second-order valence-electron chi connectivity index (χ2n) is 7.22. The first-order chi connectivity index (χ1) is 14.5. The van der Waals surface area contributed by atoms with Crippen LogP contribution in [0.1, 0.15) is 31.7 Å². The van der Waals surface area contributed by atoms with Crippen LogP contribution >= 0.6 is 24.0 Å². The summed E-state index contributed by atoms with van der Waals surface area (Å²) in [6, 6.07) is 18.0. The highest BCUT2D eigenvalue weighted by atomic mass is 32.2. The van der Waals surface area contributed by atoms with E-state index in [0.29, 0.717) is 20.9 Å². The number of hydrogen-bond acceptors (Lipinski definition) is 5. The molecule has 152 valence electrons. The normalized spacial score (nSPS) is 16.5. The minimum absolute atomic E-state index is 0.0681. The number of para-hydroxylation sites is 1. The molecule has 0 bridgehead atoms. The number of carbonyl (C=O) groups is 1. The number of aromatic nitrogens is 3. The number of rotatable bonds is 5. The fraction of sp³-hybridized carbons (Fsp3) is 0.217. The molecule has 1 fully saturated rings. The average Bonchev–Trinajstić information content (AvgIpc) is 3.29. The summed E-state index contributed by atoms with van der Waals surface area (Å²) in [4.78, 5) is 20.0. The maximum absolute atomic E-state index is 13.0. The van der Waals surface area contributed by atoms with Gasteiger partial charge in [0.1, 0.15) is 4.32 Å². The Kier molecular flexibility index (Phi) is 5.83. The van der Waals surface area contributed by atoms with Gasteiger partial charge in [0.2, 0.25) is 0 Å². The van der Waals surface area contributed by atoms with Gasteiger partial charge in [-0.25, -0.2) is 9.67 Å². The summed E-state index contributed by atoms with van der Waals surface area (Å²) in [6.45, 7) is 6.10. The van der Waals surface area contributed by atoms with E-state index in [1.54, 1.807) is 15.7 Å². The van der Waals surface area contributed by atoms with Gasteiger partial charge in [-0.3, -0.25) is 9.69 Å². The van der Waals surface area contributed by atoms with Gasteiger partial charge >= 0.3 is 0 Å². The van der Waals surface area contributed by atoms with E-state index in [1.165, 1.54) is 17.3 Å². The number of thiocarbonyl (C=S) groups is 1. The van der Waals surface area contributed by atoms with Gasteiger partial charge in [-0.2, -0.15) is 0 Å². The first-order valence-electron chi connectivity index (χ1n) is 9.84. The van der Waals surface area contributed by atoms with Crippen molar-refractivity contribution in [2.24, 2.45) is 0 Å². The molecule has 0 radical (unpaired) electrons. The molecule has 30 heavy (non-hydrogen) atoms. The van der Waals surface area contributed by atoms with Gasteiger partial charge < -0.3 is 0 Å². The van der Waals surface area contributed by atoms with Crippen LogP contribution in [-0.4, -0.2) is 35.9 Å². The highest BCUT2D eigenvalue weighted by Gasteiger charge is 2.35. The maximum atomic E-state index is 13.0. The predicted octanol–water partition coefficient (Wildman–Crippen LogP) is 5.24. The van der Waals surface area contributed by atoms with E-state index in [1.807, 2.05) is 75.4 Å². The van der Waals surface area contributed by atoms with Crippen molar-refractivity contribution < 1.29 is 4.79 Å². The molecule has 1 unspecified atom stereocenters. The molecular formula is C23H22N4OS2. The topological polar surface area (TPSA) is 51.0 Å². The minimum Gasteiger partial charge on any atom is -0.290 e. The molecule has 3 aromatic rings. The van der Waals surface area contributed by atoms with Crippen molar-refractivity contribution in [1.82, 2.24) is 19.7 Å². The number of nitrogens with zero attached hydrogens (tertiary/aromatic N) is 4. The molecule has 1 amide bonds. The Bertz CT molecular complexity index is 1120. The van der Waals surface area contributed by atoms with Crippen LogP contribution in [0.4, 0.5) is 0 Å². The average molecular weight is 435 g/mol. The first kappa shape index (κ1) is 20.5. The van der Waals surface area contributed by atoms with Gasteiger partial charge in [0.25, 0.3) is 5.91 Å². The van der Waals surface area contributed by atoms with E-state index in [-0.39, 0.29) is 11.9 Å². The highest BCUT2D eigenvalue weighted by molar-refractivity contribution is 8.26. The monoisotopic (exact) mass is 434 g/mol. The van der Waals surface area contributed by atoms with Gasteiger partial charge in [-0.15, -0.1) is 5.10 Å². The van der Waals surface area contributed by atoms with E-state index in [4.69, 9.17) is 22.3 Å². The van der Waals surface area contributed by atoms with Crippen molar-refractivity contribution >= 4 is 40.3 Å². The standard InChI is InChI=1S/C23H22N4OS2/c1-4-16(3)26-22(28)19(30-23(26)29)14-20-24-21(17-12-10-15(2)11-13-17)25-27(20)18-8-6-5-7-9-18/h5-14,16H,4H2,1-3H3. The zero-order valence-corrected chi connectivity index (χ0v) is 18.7. The lowest BCUT2D eigenvalue weighted by atomic mass is 10.1. The number of benzene rings is 2. The second kappa shape index (κ2) is 8.53. The van der Waals surface area contributed by atoms with Crippen LogP contribution in [0.25, 0.3) is 23.2 Å². The molecule has 0 N–H and O–H groups in total. The largest absolute Gasteiger partial charge is 0.290 e. The molecule has 5 nitrogen and oxygen atoms in total. The van der Waals surface area contributed by atoms with Crippen LogP contribution in [0.3, 0.4) is 0 Å². The van der Waals surface area contributed by atoms with Crippen LogP contribution in [0.15, 0.2) is 59.5 Å². The lowest BCUT2D eigenvalue weighted by Gasteiger charge is -2.21. The first-order valence-corrected chi connectivity index (χ1v) is 11.1. The Morgan fingerprint density at radius 3 is 2.50 bits per heavy atom. The second-order valence-corrected chi connectivity index (χ2v) is 8.89. The summed E-state index contributed by atoms with van der Waals surface area (Å²) in [5.41, 5.74) is 2.99. The molecule has 0 spiro atoms. The van der Waals surface area contributed by atoms with E-state index in [9.17, 15) is 4.79 Å². The van der Waals surface area contributed by atoms with Crippen LogP contribution in [0.2, 0.25) is 0 Å².